The summed E-state index contributed by atoms with van der Waals surface area (Å²) in [4.78, 5) is 15.8. The normalized spacial score (nSPS) is 11.5. The number of carbonyl (C=O) groups is 1. The standard InChI is InChI=1S/C17H15F3N2O2/c18-17(19,20)24-15-7-4-13(5-8-15)6-9-16(23)22-12-10-14-3-1-2-11-21-14/h1-9,11H,10,12H2,(H,22,23)/b9-6+. The Bertz CT molecular complexity index is 683. The van der Waals surface area contributed by atoms with E-state index in [0.29, 0.717) is 18.5 Å². The maximum atomic E-state index is 12.0. The fraction of sp³-hybridized carbons (Fsp3) is 0.176. The molecule has 1 heterocycles. The van der Waals surface area contributed by atoms with Gasteiger partial charge >= 0.3 is 6.36 Å². The number of amides is 1. The zero-order valence-electron chi connectivity index (χ0n) is 12.6. The number of hydrogen-bond donors (Lipinski definition) is 1. The number of carbonyl (C=O) groups excluding carboxylic acids is 1. The van der Waals surface area contributed by atoms with Crippen LogP contribution in [0.1, 0.15) is 11.3 Å². The molecule has 2 aromatic rings. The summed E-state index contributed by atoms with van der Waals surface area (Å²) in [5.74, 6) is -0.596. The molecule has 0 saturated carbocycles. The highest BCUT2D eigenvalue weighted by Crippen LogP contribution is 2.22. The van der Waals surface area contributed by atoms with Gasteiger partial charge in [-0.15, -0.1) is 13.2 Å². The molecule has 0 aliphatic rings. The highest BCUT2D eigenvalue weighted by Gasteiger charge is 2.30. The second-order valence-electron chi connectivity index (χ2n) is 4.81. The Labute approximate surface area is 137 Å². The predicted molar refractivity (Wildman–Crippen MR) is 83.1 cm³/mol. The van der Waals surface area contributed by atoms with Gasteiger partial charge in [-0.05, 0) is 35.9 Å². The van der Waals surface area contributed by atoms with Crippen LogP contribution in [0.25, 0.3) is 6.08 Å². The molecule has 126 valence electrons. The van der Waals surface area contributed by atoms with Gasteiger partial charge in [-0.2, -0.15) is 0 Å². The molecule has 0 saturated heterocycles. The van der Waals surface area contributed by atoms with Gasteiger partial charge in [0.1, 0.15) is 5.75 Å². The van der Waals surface area contributed by atoms with Crippen molar-refractivity contribution in [1.29, 1.82) is 0 Å². The number of alkyl halides is 3. The van der Waals surface area contributed by atoms with E-state index in [-0.39, 0.29) is 11.7 Å². The van der Waals surface area contributed by atoms with Gasteiger partial charge in [-0.3, -0.25) is 9.78 Å². The van der Waals surface area contributed by atoms with E-state index in [2.05, 4.69) is 15.0 Å². The summed E-state index contributed by atoms with van der Waals surface area (Å²) >= 11 is 0. The van der Waals surface area contributed by atoms with E-state index in [4.69, 9.17) is 0 Å². The van der Waals surface area contributed by atoms with Gasteiger partial charge < -0.3 is 10.1 Å². The van der Waals surface area contributed by atoms with E-state index < -0.39 is 6.36 Å². The topological polar surface area (TPSA) is 51.2 Å². The second-order valence-corrected chi connectivity index (χ2v) is 4.81. The predicted octanol–water partition coefficient (Wildman–Crippen LogP) is 3.35. The monoisotopic (exact) mass is 336 g/mol. The van der Waals surface area contributed by atoms with Crippen molar-refractivity contribution in [1.82, 2.24) is 10.3 Å². The molecule has 0 radical (unpaired) electrons. The number of benzene rings is 1. The van der Waals surface area contributed by atoms with E-state index >= 15 is 0 Å². The van der Waals surface area contributed by atoms with Crippen molar-refractivity contribution in [2.24, 2.45) is 0 Å². The Balaban J connectivity index is 1.78. The van der Waals surface area contributed by atoms with E-state index in [1.54, 1.807) is 6.20 Å². The summed E-state index contributed by atoms with van der Waals surface area (Å²) in [6, 6.07) is 10.8. The van der Waals surface area contributed by atoms with Crippen LogP contribution >= 0.6 is 0 Å². The number of nitrogens with one attached hydrogen (secondary N) is 1. The Morgan fingerprint density at radius 3 is 2.54 bits per heavy atom. The Morgan fingerprint density at radius 2 is 1.92 bits per heavy atom. The summed E-state index contributed by atoms with van der Waals surface area (Å²) in [6.45, 7) is 0.443. The first-order chi connectivity index (χ1) is 11.4. The van der Waals surface area contributed by atoms with Gasteiger partial charge in [0.2, 0.25) is 5.91 Å². The van der Waals surface area contributed by atoms with Crippen LogP contribution in [0.2, 0.25) is 0 Å². The van der Waals surface area contributed by atoms with Gasteiger partial charge in [-0.1, -0.05) is 18.2 Å². The lowest BCUT2D eigenvalue weighted by atomic mass is 10.2. The third-order valence-corrected chi connectivity index (χ3v) is 2.95. The molecular formula is C17H15F3N2O2. The summed E-state index contributed by atoms with van der Waals surface area (Å²) in [5, 5.41) is 2.70. The van der Waals surface area contributed by atoms with E-state index in [0.717, 1.165) is 5.69 Å². The van der Waals surface area contributed by atoms with Gasteiger partial charge in [0, 0.05) is 30.9 Å². The van der Waals surface area contributed by atoms with Crippen LogP contribution in [0.3, 0.4) is 0 Å². The van der Waals surface area contributed by atoms with Crippen molar-refractivity contribution in [3.8, 4) is 5.75 Å². The molecular weight excluding hydrogens is 321 g/mol. The fourth-order valence-corrected chi connectivity index (χ4v) is 1.87. The molecule has 1 amide bonds. The van der Waals surface area contributed by atoms with Crippen LogP contribution in [0, 0.1) is 0 Å². The van der Waals surface area contributed by atoms with Crippen molar-refractivity contribution in [3.05, 3.63) is 66.0 Å². The van der Waals surface area contributed by atoms with Crippen LogP contribution in [-0.4, -0.2) is 23.8 Å². The molecule has 0 bridgehead atoms. The minimum atomic E-state index is -4.72. The minimum absolute atomic E-state index is 0.290. The first kappa shape index (κ1) is 17.5. The summed E-state index contributed by atoms with van der Waals surface area (Å²) < 4.78 is 39.9. The third-order valence-electron chi connectivity index (χ3n) is 2.95. The van der Waals surface area contributed by atoms with Gasteiger partial charge in [0.25, 0.3) is 0 Å². The molecule has 0 aliphatic carbocycles. The molecule has 1 aromatic heterocycles. The van der Waals surface area contributed by atoms with E-state index in [9.17, 15) is 18.0 Å². The molecule has 7 heteroatoms. The summed E-state index contributed by atoms with van der Waals surface area (Å²) in [6.07, 6.45) is 0.406. The van der Waals surface area contributed by atoms with Gasteiger partial charge in [0.15, 0.2) is 0 Å². The van der Waals surface area contributed by atoms with Crippen LogP contribution in [0.5, 0.6) is 5.75 Å². The van der Waals surface area contributed by atoms with Crippen LogP contribution in [0.4, 0.5) is 13.2 Å². The first-order valence-corrected chi connectivity index (χ1v) is 7.14. The van der Waals surface area contributed by atoms with Crippen LogP contribution in [-0.2, 0) is 11.2 Å². The molecule has 24 heavy (non-hydrogen) atoms. The number of nitrogens with zero attached hydrogens (tertiary/aromatic N) is 1. The molecule has 0 atom stereocenters. The lowest BCUT2D eigenvalue weighted by molar-refractivity contribution is -0.274. The summed E-state index contributed by atoms with van der Waals surface area (Å²) in [5.41, 5.74) is 1.46. The lowest BCUT2D eigenvalue weighted by Crippen LogP contribution is -2.23. The zero-order chi connectivity index (χ0) is 17.4. The summed E-state index contributed by atoms with van der Waals surface area (Å²) in [7, 11) is 0. The number of aromatic nitrogens is 1. The number of hydrogen-bond acceptors (Lipinski definition) is 3. The average molecular weight is 336 g/mol. The minimum Gasteiger partial charge on any atom is -0.406 e. The Hall–Kier alpha value is -2.83. The fourth-order valence-electron chi connectivity index (χ4n) is 1.87. The van der Waals surface area contributed by atoms with Crippen LogP contribution in [0.15, 0.2) is 54.7 Å². The maximum Gasteiger partial charge on any atom is 0.573 e. The molecule has 0 unspecified atom stereocenters. The number of halogens is 3. The van der Waals surface area contributed by atoms with Crippen molar-refractivity contribution in [2.75, 3.05) is 6.54 Å². The highest BCUT2D eigenvalue weighted by molar-refractivity contribution is 5.91. The van der Waals surface area contributed by atoms with Crippen LogP contribution < -0.4 is 10.1 Å². The van der Waals surface area contributed by atoms with Crippen molar-refractivity contribution < 1.29 is 22.7 Å². The molecule has 2 rings (SSSR count). The Morgan fingerprint density at radius 1 is 1.17 bits per heavy atom. The van der Waals surface area contributed by atoms with Crippen molar-refractivity contribution in [3.63, 3.8) is 0 Å². The van der Waals surface area contributed by atoms with Gasteiger partial charge in [-0.25, -0.2) is 0 Å². The van der Waals surface area contributed by atoms with E-state index in [1.807, 2.05) is 18.2 Å². The van der Waals surface area contributed by atoms with Crippen molar-refractivity contribution in [2.45, 2.75) is 12.8 Å². The van der Waals surface area contributed by atoms with Gasteiger partial charge in [0.05, 0.1) is 0 Å². The highest BCUT2D eigenvalue weighted by atomic mass is 19.4. The van der Waals surface area contributed by atoms with E-state index in [1.165, 1.54) is 36.4 Å². The Kier molecular flexibility index (Phi) is 5.95. The van der Waals surface area contributed by atoms with Crippen molar-refractivity contribution >= 4 is 12.0 Å². The number of pyridine rings is 1. The first-order valence-electron chi connectivity index (χ1n) is 7.14. The second kappa shape index (κ2) is 8.14. The zero-order valence-corrected chi connectivity index (χ0v) is 12.6. The average Bonchev–Trinajstić information content (AvgIpc) is 2.54. The largest absolute Gasteiger partial charge is 0.573 e. The number of ether oxygens (including phenoxy) is 1. The molecule has 0 aliphatic heterocycles. The maximum absolute atomic E-state index is 12.0. The molecule has 4 nitrogen and oxygen atoms in total. The third kappa shape index (κ3) is 6.51. The smallest absolute Gasteiger partial charge is 0.406 e. The molecule has 1 N–H and O–H groups in total. The molecule has 1 aromatic carbocycles. The SMILES string of the molecule is O=C(/C=C/c1ccc(OC(F)(F)F)cc1)NCCc1ccccn1. The molecule has 0 spiro atoms. The number of rotatable bonds is 6. The quantitative estimate of drug-likeness (QED) is 0.823. The lowest BCUT2D eigenvalue weighted by Gasteiger charge is -2.08. The molecule has 0 fully saturated rings.